The van der Waals surface area contributed by atoms with Gasteiger partial charge >= 0.3 is 0 Å². The molecule has 0 saturated heterocycles. The second-order valence-corrected chi connectivity index (χ2v) is 6.65. The third-order valence-corrected chi connectivity index (χ3v) is 4.57. The van der Waals surface area contributed by atoms with Gasteiger partial charge in [-0.2, -0.15) is 5.10 Å². The number of carbonyl (C=O) groups is 1. The van der Waals surface area contributed by atoms with Crippen LogP contribution in [0.3, 0.4) is 0 Å². The number of benzene rings is 1. The smallest absolute Gasteiger partial charge is 0.255 e. The van der Waals surface area contributed by atoms with Crippen molar-refractivity contribution in [1.82, 2.24) is 15.1 Å². The quantitative estimate of drug-likeness (QED) is 0.709. The number of para-hydroxylation sites is 1. The first kappa shape index (κ1) is 17.9. The van der Waals surface area contributed by atoms with Gasteiger partial charge in [-0.3, -0.25) is 4.79 Å². The molecule has 0 aliphatic heterocycles. The predicted octanol–water partition coefficient (Wildman–Crippen LogP) is 1.70. The van der Waals surface area contributed by atoms with Crippen LogP contribution in [0.4, 0.5) is 0 Å². The van der Waals surface area contributed by atoms with Crippen LogP contribution in [-0.4, -0.2) is 36.3 Å². The second-order valence-electron chi connectivity index (χ2n) is 6.65. The molecule has 2 N–H and O–H groups in total. The Morgan fingerprint density at radius 3 is 2.54 bits per heavy atom. The highest BCUT2D eigenvalue weighted by Gasteiger charge is 2.24. The molecule has 0 unspecified atom stereocenters. The minimum absolute atomic E-state index is 0.0544. The van der Waals surface area contributed by atoms with E-state index in [0.717, 1.165) is 22.8 Å². The van der Waals surface area contributed by atoms with E-state index in [0.29, 0.717) is 12.1 Å². The molecule has 2 heterocycles. The lowest BCUT2D eigenvalue weighted by molar-refractivity contribution is -0.891. The number of hydrogen-bond donors (Lipinski definition) is 2. The molecule has 2 aromatic heterocycles. The lowest BCUT2D eigenvalue weighted by Crippen LogP contribution is -3.07. The van der Waals surface area contributed by atoms with Gasteiger partial charge in [0.15, 0.2) is 11.8 Å². The number of rotatable bonds is 6. The van der Waals surface area contributed by atoms with E-state index in [9.17, 15) is 4.79 Å². The highest BCUT2D eigenvalue weighted by molar-refractivity contribution is 5.96. The van der Waals surface area contributed by atoms with Crippen molar-refractivity contribution in [3.8, 4) is 5.69 Å². The van der Waals surface area contributed by atoms with E-state index in [2.05, 4.69) is 10.4 Å². The first-order chi connectivity index (χ1) is 12.5. The second kappa shape index (κ2) is 7.58. The van der Waals surface area contributed by atoms with Gasteiger partial charge in [0.1, 0.15) is 0 Å². The molecule has 0 bridgehead atoms. The van der Waals surface area contributed by atoms with Gasteiger partial charge in [0.25, 0.3) is 5.91 Å². The summed E-state index contributed by atoms with van der Waals surface area (Å²) in [6, 6.07) is 13.7. The van der Waals surface area contributed by atoms with E-state index in [1.165, 1.54) is 4.90 Å². The Labute approximate surface area is 153 Å². The van der Waals surface area contributed by atoms with Crippen molar-refractivity contribution in [1.29, 1.82) is 0 Å². The summed E-state index contributed by atoms with van der Waals surface area (Å²) in [6.45, 7) is 4.27. The third-order valence-electron chi connectivity index (χ3n) is 4.57. The third kappa shape index (κ3) is 3.55. The van der Waals surface area contributed by atoms with Gasteiger partial charge < -0.3 is 14.6 Å². The Morgan fingerprint density at radius 1 is 1.19 bits per heavy atom. The Kier molecular flexibility index (Phi) is 5.23. The van der Waals surface area contributed by atoms with Crippen molar-refractivity contribution in [2.45, 2.75) is 19.9 Å². The molecule has 136 valence electrons. The standard InChI is InChI=1S/C20H24N4O2/c1-14-19(15(2)24(22-14)16-9-6-5-7-10-16)20(25)21-13-17(23(3)4)18-11-8-12-26-18/h5-12,17H,13H2,1-4H3,(H,21,25)/p+1/t17-/m1/s1. The molecule has 26 heavy (non-hydrogen) atoms. The van der Waals surface area contributed by atoms with Crippen molar-refractivity contribution >= 4 is 5.91 Å². The van der Waals surface area contributed by atoms with Crippen LogP contribution in [0.1, 0.15) is 33.5 Å². The van der Waals surface area contributed by atoms with Crippen molar-refractivity contribution < 1.29 is 14.1 Å². The van der Waals surface area contributed by atoms with Crippen molar-refractivity contribution in [3.63, 3.8) is 0 Å². The SMILES string of the molecule is Cc1nn(-c2ccccc2)c(C)c1C(=O)NC[C@H](c1ccco1)[NH+](C)C. The molecule has 1 atom stereocenters. The fraction of sp³-hybridized carbons (Fsp3) is 0.300. The van der Waals surface area contributed by atoms with Crippen LogP contribution in [-0.2, 0) is 0 Å². The summed E-state index contributed by atoms with van der Waals surface area (Å²) < 4.78 is 7.33. The number of quaternary nitrogens is 1. The molecule has 0 aliphatic carbocycles. The van der Waals surface area contributed by atoms with E-state index in [1.54, 1.807) is 6.26 Å². The summed E-state index contributed by atoms with van der Waals surface area (Å²) in [6.07, 6.45) is 1.66. The average molecular weight is 353 g/mol. The molecule has 0 saturated carbocycles. The van der Waals surface area contributed by atoms with Gasteiger partial charge in [0, 0.05) is 0 Å². The first-order valence-corrected chi connectivity index (χ1v) is 8.72. The van der Waals surface area contributed by atoms with Gasteiger partial charge in [-0.05, 0) is 38.1 Å². The molecular weight excluding hydrogens is 328 g/mol. The van der Waals surface area contributed by atoms with E-state index in [4.69, 9.17) is 4.42 Å². The van der Waals surface area contributed by atoms with Crippen molar-refractivity contribution in [2.24, 2.45) is 0 Å². The normalized spacial score (nSPS) is 12.3. The molecule has 6 heteroatoms. The van der Waals surface area contributed by atoms with E-state index < -0.39 is 0 Å². The van der Waals surface area contributed by atoms with Gasteiger partial charge in [-0.15, -0.1) is 0 Å². The number of likely N-dealkylation sites (N-methyl/N-ethyl adjacent to an activating group) is 1. The minimum atomic E-state index is -0.111. The highest BCUT2D eigenvalue weighted by atomic mass is 16.3. The van der Waals surface area contributed by atoms with Crippen LogP contribution >= 0.6 is 0 Å². The van der Waals surface area contributed by atoms with Crippen molar-refractivity contribution in [3.05, 3.63) is 71.4 Å². The molecule has 6 nitrogen and oxygen atoms in total. The number of aryl methyl sites for hydroxylation is 1. The molecular formula is C20H25N4O2+. The number of nitrogens with zero attached hydrogens (tertiary/aromatic N) is 2. The monoisotopic (exact) mass is 353 g/mol. The summed E-state index contributed by atoms with van der Waals surface area (Å²) >= 11 is 0. The molecule has 0 aliphatic rings. The lowest BCUT2D eigenvalue weighted by Gasteiger charge is -2.19. The average Bonchev–Trinajstić information content (AvgIpc) is 3.24. The van der Waals surface area contributed by atoms with Gasteiger partial charge in [0.05, 0.1) is 49.5 Å². The van der Waals surface area contributed by atoms with Crippen LogP contribution in [0.25, 0.3) is 5.69 Å². The molecule has 0 radical (unpaired) electrons. The summed E-state index contributed by atoms with van der Waals surface area (Å²) in [7, 11) is 4.09. The van der Waals surface area contributed by atoms with Crippen LogP contribution in [0.5, 0.6) is 0 Å². The van der Waals surface area contributed by atoms with Crippen LogP contribution in [0.15, 0.2) is 53.1 Å². The number of carbonyl (C=O) groups excluding carboxylic acids is 1. The van der Waals surface area contributed by atoms with E-state index >= 15 is 0 Å². The zero-order valence-corrected chi connectivity index (χ0v) is 15.6. The number of nitrogens with one attached hydrogen (secondary N) is 2. The zero-order valence-electron chi connectivity index (χ0n) is 15.6. The Bertz CT molecular complexity index is 867. The molecule has 3 rings (SSSR count). The number of aromatic nitrogens is 2. The maximum atomic E-state index is 12.8. The molecule has 1 amide bonds. The van der Waals surface area contributed by atoms with Crippen LogP contribution < -0.4 is 10.2 Å². The molecule has 0 spiro atoms. The molecule has 1 aromatic carbocycles. The maximum absolute atomic E-state index is 12.8. The predicted molar refractivity (Wildman–Crippen MR) is 99.6 cm³/mol. The van der Waals surface area contributed by atoms with E-state index in [-0.39, 0.29) is 11.9 Å². The fourth-order valence-corrected chi connectivity index (χ4v) is 3.15. The van der Waals surface area contributed by atoms with Crippen LogP contribution in [0, 0.1) is 13.8 Å². The topological polar surface area (TPSA) is 64.5 Å². The summed E-state index contributed by atoms with van der Waals surface area (Å²) in [4.78, 5) is 14.0. The van der Waals surface area contributed by atoms with E-state index in [1.807, 2.05) is 75.1 Å². The highest BCUT2D eigenvalue weighted by Crippen LogP contribution is 2.18. The largest absolute Gasteiger partial charge is 0.463 e. The fourth-order valence-electron chi connectivity index (χ4n) is 3.15. The molecule has 3 aromatic rings. The Hall–Kier alpha value is -2.86. The first-order valence-electron chi connectivity index (χ1n) is 8.72. The Balaban J connectivity index is 1.79. The lowest BCUT2D eigenvalue weighted by atomic mass is 10.1. The minimum Gasteiger partial charge on any atom is -0.463 e. The number of furan rings is 1. The summed E-state index contributed by atoms with van der Waals surface area (Å²) in [5.41, 5.74) is 3.12. The number of hydrogen-bond acceptors (Lipinski definition) is 3. The zero-order chi connectivity index (χ0) is 18.7. The van der Waals surface area contributed by atoms with Gasteiger partial charge in [-0.25, -0.2) is 4.68 Å². The molecule has 0 fully saturated rings. The summed E-state index contributed by atoms with van der Waals surface area (Å²) in [5, 5.41) is 7.59. The van der Waals surface area contributed by atoms with Gasteiger partial charge in [0.2, 0.25) is 0 Å². The summed E-state index contributed by atoms with van der Waals surface area (Å²) in [5.74, 6) is 0.749. The Morgan fingerprint density at radius 2 is 1.92 bits per heavy atom. The van der Waals surface area contributed by atoms with Crippen molar-refractivity contribution in [2.75, 3.05) is 20.6 Å². The maximum Gasteiger partial charge on any atom is 0.255 e. The number of amides is 1. The van der Waals surface area contributed by atoms with Crippen LogP contribution in [0.2, 0.25) is 0 Å². The van der Waals surface area contributed by atoms with Gasteiger partial charge in [-0.1, -0.05) is 18.2 Å².